The fourth-order valence-electron chi connectivity index (χ4n) is 2.30. The van der Waals surface area contributed by atoms with E-state index in [1.165, 1.54) is 12.1 Å². The molecular formula is C15H17NO4S2. The number of fused-ring (bicyclic) bond motifs is 1. The van der Waals surface area contributed by atoms with Gasteiger partial charge in [-0.25, -0.2) is 13.1 Å². The molecule has 2 aromatic rings. The van der Waals surface area contributed by atoms with Gasteiger partial charge in [0.25, 0.3) is 0 Å². The Labute approximate surface area is 133 Å². The van der Waals surface area contributed by atoms with Gasteiger partial charge in [0, 0.05) is 17.0 Å². The number of rotatable bonds is 5. The van der Waals surface area contributed by atoms with Crippen molar-refractivity contribution in [3.05, 3.63) is 40.6 Å². The summed E-state index contributed by atoms with van der Waals surface area (Å²) in [6.07, 6.45) is 0.668. The largest absolute Gasteiger partial charge is 0.486 e. The summed E-state index contributed by atoms with van der Waals surface area (Å²) in [6, 6.07) is 8.45. The van der Waals surface area contributed by atoms with Crippen LogP contribution in [-0.4, -0.2) is 27.7 Å². The van der Waals surface area contributed by atoms with Crippen LogP contribution in [0.4, 0.5) is 0 Å². The summed E-state index contributed by atoms with van der Waals surface area (Å²) < 4.78 is 38.4. The Kier molecular flexibility index (Phi) is 4.37. The van der Waals surface area contributed by atoms with Crippen molar-refractivity contribution in [3.8, 4) is 11.5 Å². The van der Waals surface area contributed by atoms with Gasteiger partial charge in [-0.3, -0.25) is 0 Å². The molecular weight excluding hydrogens is 322 g/mol. The molecule has 1 aromatic carbocycles. The van der Waals surface area contributed by atoms with E-state index in [1.807, 2.05) is 24.4 Å². The predicted molar refractivity (Wildman–Crippen MR) is 85.2 cm³/mol. The van der Waals surface area contributed by atoms with E-state index in [0.29, 0.717) is 31.1 Å². The molecule has 2 heterocycles. The molecule has 0 radical (unpaired) electrons. The average Bonchev–Trinajstić information content (AvgIpc) is 2.99. The smallest absolute Gasteiger partial charge is 0.240 e. The van der Waals surface area contributed by atoms with E-state index in [1.54, 1.807) is 17.4 Å². The van der Waals surface area contributed by atoms with Gasteiger partial charge in [-0.15, -0.1) is 11.3 Å². The minimum atomic E-state index is -3.58. The average molecular weight is 339 g/mol. The molecule has 0 aliphatic carbocycles. The minimum absolute atomic E-state index is 0.183. The lowest BCUT2D eigenvalue weighted by Crippen LogP contribution is -2.34. The molecule has 7 heteroatoms. The van der Waals surface area contributed by atoms with Crippen molar-refractivity contribution in [1.82, 2.24) is 4.72 Å². The highest BCUT2D eigenvalue weighted by atomic mass is 32.2. The molecule has 0 bridgehead atoms. The van der Waals surface area contributed by atoms with Gasteiger partial charge in [0.15, 0.2) is 11.5 Å². The maximum Gasteiger partial charge on any atom is 0.240 e. The highest BCUT2D eigenvalue weighted by molar-refractivity contribution is 7.89. The molecule has 0 spiro atoms. The SMILES string of the molecule is C[C@H](Cc1cccs1)NS(=O)(=O)c1ccc2c(c1)OCCO2. The molecule has 3 rings (SSSR count). The number of nitrogens with one attached hydrogen (secondary N) is 1. The van der Waals surface area contributed by atoms with Crippen LogP contribution in [0.1, 0.15) is 11.8 Å². The van der Waals surface area contributed by atoms with Gasteiger partial charge in [-0.1, -0.05) is 6.07 Å². The molecule has 1 atom stereocenters. The predicted octanol–water partition coefficient (Wildman–Crippen LogP) is 2.43. The first kappa shape index (κ1) is 15.3. The fraction of sp³-hybridized carbons (Fsp3) is 0.333. The lowest BCUT2D eigenvalue weighted by molar-refractivity contribution is 0.171. The first-order valence-corrected chi connectivity index (χ1v) is 9.35. The number of hydrogen-bond donors (Lipinski definition) is 1. The van der Waals surface area contributed by atoms with Crippen molar-refractivity contribution in [3.63, 3.8) is 0 Å². The second-order valence-electron chi connectivity index (χ2n) is 5.11. The minimum Gasteiger partial charge on any atom is -0.486 e. The van der Waals surface area contributed by atoms with Gasteiger partial charge >= 0.3 is 0 Å². The summed E-state index contributed by atoms with van der Waals surface area (Å²) in [7, 11) is -3.58. The number of sulfonamides is 1. The second-order valence-corrected chi connectivity index (χ2v) is 7.86. The summed E-state index contributed by atoms with van der Waals surface area (Å²) in [6.45, 7) is 2.77. The highest BCUT2D eigenvalue weighted by Crippen LogP contribution is 2.32. The topological polar surface area (TPSA) is 64.6 Å². The molecule has 1 aromatic heterocycles. The lowest BCUT2D eigenvalue weighted by Gasteiger charge is -2.19. The summed E-state index contributed by atoms with van der Waals surface area (Å²) in [5.74, 6) is 1.05. The van der Waals surface area contributed by atoms with E-state index in [9.17, 15) is 8.42 Å². The lowest BCUT2D eigenvalue weighted by atomic mass is 10.2. The van der Waals surface area contributed by atoms with Crippen molar-refractivity contribution in [2.75, 3.05) is 13.2 Å². The molecule has 0 unspecified atom stereocenters. The first-order valence-electron chi connectivity index (χ1n) is 6.99. The van der Waals surface area contributed by atoms with Crippen LogP contribution in [0.25, 0.3) is 0 Å². The molecule has 1 N–H and O–H groups in total. The zero-order valence-corrected chi connectivity index (χ0v) is 13.7. The quantitative estimate of drug-likeness (QED) is 0.909. The van der Waals surface area contributed by atoms with Crippen molar-refractivity contribution >= 4 is 21.4 Å². The van der Waals surface area contributed by atoms with Crippen LogP contribution >= 0.6 is 11.3 Å². The Morgan fingerprint density at radius 3 is 2.73 bits per heavy atom. The maximum atomic E-state index is 12.5. The van der Waals surface area contributed by atoms with Crippen LogP contribution < -0.4 is 14.2 Å². The van der Waals surface area contributed by atoms with Gasteiger partial charge in [0.1, 0.15) is 13.2 Å². The highest BCUT2D eigenvalue weighted by Gasteiger charge is 2.21. The van der Waals surface area contributed by atoms with E-state index in [2.05, 4.69) is 4.72 Å². The standard InChI is InChI=1S/C15H17NO4S2/c1-11(9-12-3-2-8-21-12)16-22(17,18)13-4-5-14-15(10-13)20-7-6-19-14/h2-5,8,10-11,16H,6-7,9H2,1H3/t11-/m1/s1. The number of thiophene rings is 1. The monoisotopic (exact) mass is 339 g/mol. The third-order valence-electron chi connectivity index (χ3n) is 3.27. The van der Waals surface area contributed by atoms with Crippen LogP contribution in [0, 0.1) is 0 Å². The van der Waals surface area contributed by atoms with E-state index in [0.717, 1.165) is 4.88 Å². The molecule has 0 fully saturated rings. The Morgan fingerprint density at radius 1 is 1.23 bits per heavy atom. The Bertz CT molecular complexity index is 741. The van der Waals surface area contributed by atoms with Crippen LogP contribution in [0.5, 0.6) is 11.5 Å². The molecule has 5 nitrogen and oxygen atoms in total. The number of benzene rings is 1. The fourth-order valence-corrected chi connectivity index (χ4v) is 4.39. The van der Waals surface area contributed by atoms with Crippen LogP contribution in [0.3, 0.4) is 0 Å². The van der Waals surface area contributed by atoms with Crippen LogP contribution in [-0.2, 0) is 16.4 Å². The second kappa shape index (κ2) is 6.28. The van der Waals surface area contributed by atoms with Gasteiger partial charge < -0.3 is 9.47 Å². The molecule has 22 heavy (non-hydrogen) atoms. The van der Waals surface area contributed by atoms with Crippen molar-refractivity contribution in [1.29, 1.82) is 0 Å². The molecule has 1 aliphatic rings. The van der Waals surface area contributed by atoms with Crippen molar-refractivity contribution < 1.29 is 17.9 Å². The van der Waals surface area contributed by atoms with Crippen molar-refractivity contribution in [2.24, 2.45) is 0 Å². The normalized spacial score (nSPS) is 15.5. The zero-order valence-electron chi connectivity index (χ0n) is 12.1. The van der Waals surface area contributed by atoms with E-state index in [4.69, 9.17) is 9.47 Å². The van der Waals surface area contributed by atoms with Gasteiger partial charge in [-0.2, -0.15) is 0 Å². The summed E-state index contributed by atoms with van der Waals surface area (Å²) >= 11 is 1.62. The Balaban J connectivity index is 1.74. The van der Waals surface area contributed by atoms with Gasteiger partial charge in [0.2, 0.25) is 10.0 Å². The molecule has 0 amide bonds. The first-order chi connectivity index (χ1) is 10.5. The summed E-state index contributed by atoms with van der Waals surface area (Å²) in [5, 5.41) is 1.98. The Hall–Kier alpha value is -1.57. The van der Waals surface area contributed by atoms with Gasteiger partial charge in [-0.05, 0) is 36.9 Å². The summed E-state index contributed by atoms with van der Waals surface area (Å²) in [5.41, 5.74) is 0. The number of hydrogen-bond acceptors (Lipinski definition) is 5. The number of ether oxygens (including phenoxy) is 2. The van der Waals surface area contributed by atoms with E-state index < -0.39 is 10.0 Å². The molecule has 1 aliphatic heterocycles. The molecule has 0 saturated heterocycles. The van der Waals surface area contributed by atoms with E-state index in [-0.39, 0.29) is 10.9 Å². The van der Waals surface area contributed by atoms with Crippen LogP contribution in [0.2, 0.25) is 0 Å². The van der Waals surface area contributed by atoms with Crippen LogP contribution in [0.15, 0.2) is 40.6 Å². The summed E-state index contributed by atoms with van der Waals surface area (Å²) in [4.78, 5) is 1.34. The van der Waals surface area contributed by atoms with Gasteiger partial charge in [0.05, 0.1) is 4.90 Å². The molecule has 118 valence electrons. The van der Waals surface area contributed by atoms with Crippen molar-refractivity contribution in [2.45, 2.75) is 24.3 Å². The zero-order chi connectivity index (χ0) is 15.6. The Morgan fingerprint density at radius 2 is 2.00 bits per heavy atom. The third kappa shape index (κ3) is 3.43. The van der Waals surface area contributed by atoms with E-state index >= 15 is 0 Å². The molecule has 0 saturated carbocycles. The maximum absolute atomic E-state index is 12.5. The third-order valence-corrected chi connectivity index (χ3v) is 5.75.